The van der Waals surface area contributed by atoms with Crippen LogP contribution in [-0.4, -0.2) is 14.5 Å². The van der Waals surface area contributed by atoms with E-state index in [-0.39, 0.29) is 6.04 Å². The van der Waals surface area contributed by atoms with Crippen molar-refractivity contribution in [3.05, 3.63) is 60.2 Å². The van der Waals surface area contributed by atoms with Gasteiger partial charge in [0.15, 0.2) is 0 Å². The molecule has 3 rings (SSSR count). The van der Waals surface area contributed by atoms with Crippen LogP contribution in [0.1, 0.15) is 12.5 Å². The first-order valence-electron chi connectivity index (χ1n) is 6.28. The summed E-state index contributed by atoms with van der Waals surface area (Å²) < 4.78 is 27.0. The summed E-state index contributed by atoms with van der Waals surface area (Å²) in [5.41, 5.74) is 1.90. The van der Waals surface area contributed by atoms with Gasteiger partial charge in [-0.1, -0.05) is 36.4 Å². The number of nitrogens with zero attached hydrogens (tertiary/aromatic N) is 1. The van der Waals surface area contributed by atoms with E-state index in [0.29, 0.717) is 4.90 Å². The van der Waals surface area contributed by atoms with Gasteiger partial charge in [0, 0.05) is 6.04 Å². The van der Waals surface area contributed by atoms with Crippen LogP contribution in [0.25, 0.3) is 0 Å². The maximum Gasteiger partial charge on any atom is 0.264 e. The first-order chi connectivity index (χ1) is 9.10. The monoisotopic (exact) mass is 273 g/mol. The van der Waals surface area contributed by atoms with Crippen molar-refractivity contribution in [3.63, 3.8) is 0 Å². The van der Waals surface area contributed by atoms with Gasteiger partial charge in [-0.25, -0.2) is 8.42 Å². The maximum atomic E-state index is 12.7. The Morgan fingerprint density at radius 1 is 1.00 bits per heavy atom. The molecule has 1 atom stereocenters. The van der Waals surface area contributed by atoms with Gasteiger partial charge < -0.3 is 0 Å². The molecule has 0 N–H and O–H groups in total. The Kier molecular flexibility index (Phi) is 2.82. The molecule has 0 radical (unpaired) electrons. The Morgan fingerprint density at radius 2 is 1.63 bits per heavy atom. The van der Waals surface area contributed by atoms with E-state index in [1.54, 1.807) is 24.3 Å². The second kappa shape index (κ2) is 4.38. The fraction of sp³-hybridized carbons (Fsp3) is 0.200. The molecule has 1 unspecified atom stereocenters. The summed E-state index contributed by atoms with van der Waals surface area (Å²) in [6, 6.07) is 16.3. The molecule has 1 aliphatic rings. The van der Waals surface area contributed by atoms with E-state index in [2.05, 4.69) is 0 Å². The van der Waals surface area contributed by atoms with Crippen LogP contribution < -0.4 is 4.31 Å². The highest BCUT2D eigenvalue weighted by Crippen LogP contribution is 2.36. The Hall–Kier alpha value is -1.81. The smallest absolute Gasteiger partial charge is 0.263 e. The summed E-state index contributed by atoms with van der Waals surface area (Å²) in [6.45, 7) is 1.94. The van der Waals surface area contributed by atoms with Crippen LogP contribution >= 0.6 is 0 Å². The van der Waals surface area contributed by atoms with Crippen molar-refractivity contribution in [1.29, 1.82) is 0 Å². The third kappa shape index (κ3) is 1.92. The molecular formula is C15H15NO2S. The van der Waals surface area contributed by atoms with Crippen LogP contribution in [0.3, 0.4) is 0 Å². The van der Waals surface area contributed by atoms with Crippen LogP contribution in [0.4, 0.5) is 5.69 Å². The number of rotatable bonds is 2. The van der Waals surface area contributed by atoms with Crippen molar-refractivity contribution >= 4 is 15.7 Å². The van der Waals surface area contributed by atoms with Gasteiger partial charge in [-0.3, -0.25) is 4.31 Å². The van der Waals surface area contributed by atoms with Gasteiger partial charge >= 0.3 is 0 Å². The summed E-state index contributed by atoms with van der Waals surface area (Å²) in [4.78, 5) is 0.346. The highest BCUT2D eigenvalue weighted by atomic mass is 32.2. The van der Waals surface area contributed by atoms with E-state index in [0.717, 1.165) is 17.7 Å². The van der Waals surface area contributed by atoms with Crippen LogP contribution in [0.5, 0.6) is 0 Å². The zero-order valence-electron chi connectivity index (χ0n) is 10.7. The molecule has 1 aliphatic heterocycles. The van der Waals surface area contributed by atoms with E-state index >= 15 is 0 Å². The third-order valence-electron chi connectivity index (χ3n) is 3.44. The van der Waals surface area contributed by atoms with Crippen molar-refractivity contribution in [2.75, 3.05) is 4.31 Å². The molecule has 0 aromatic heterocycles. The normalized spacial score (nSPS) is 18.4. The Balaban J connectivity index is 2.13. The van der Waals surface area contributed by atoms with Gasteiger partial charge in [0.1, 0.15) is 0 Å². The van der Waals surface area contributed by atoms with Gasteiger partial charge in [0.2, 0.25) is 0 Å². The minimum Gasteiger partial charge on any atom is -0.263 e. The molecule has 19 heavy (non-hydrogen) atoms. The van der Waals surface area contributed by atoms with Gasteiger partial charge in [-0.2, -0.15) is 0 Å². The predicted octanol–water partition coefficient (Wildman–Crippen LogP) is 2.83. The van der Waals surface area contributed by atoms with Crippen molar-refractivity contribution < 1.29 is 8.42 Å². The summed E-state index contributed by atoms with van der Waals surface area (Å²) in [7, 11) is -3.47. The average Bonchev–Trinajstić information content (AvgIpc) is 2.76. The fourth-order valence-electron chi connectivity index (χ4n) is 2.61. The lowest BCUT2D eigenvalue weighted by Crippen LogP contribution is -2.35. The van der Waals surface area contributed by atoms with Crippen LogP contribution in [0.2, 0.25) is 0 Å². The second-order valence-electron chi connectivity index (χ2n) is 4.80. The molecule has 0 aliphatic carbocycles. The number of benzene rings is 2. The molecular weight excluding hydrogens is 258 g/mol. The molecule has 0 saturated heterocycles. The standard InChI is InChI=1S/C15H15NO2S/c1-12-11-13-7-5-6-10-15(13)16(12)19(17,18)14-8-3-2-4-9-14/h2-10,12H,11H2,1H3. The second-order valence-corrected chi connectivity index (χ2v) is 6.61. The molecule has 98 valence electrons. The van der Waals surface area contributed by atoms with Gasteiger partial charge in [-0.05, 0) is 37.1 Å². The summed E-state index contributed by atoms with van der Waals surface area (Å²) >= 11 is 0. The first-order valence-corrected chi connectivity index (χ1v) is 7.72. The summed E-state index contributed by atoms with van der Waals surface area (Å²) in [5.74, 6) is 0. The topological polar surface area (TPSA) is 37.4 Å². The molecule has 2 aromatic rings. The maximum absolute atomic E-state index is 12.7. The number of sulfonamides is 1. The molecule has 4 heteroatoms. The lowest BCUT2D eigenvalue weighted by atomic mass is 10.1. The van der Waals surface area contributed by atoms with E-state index < -0.39 is 10.0 Å². The fourth-order valence-corrected chi connectivity index (χ4v) is 4.32. The number of hydrogen-bond donors (Lipinski definition) is 0. The molecule has 0 saturated carbocycles. The minimum atomic E-state index is -3.47. The third-order valence-corrected chi connectivity index (χ3v) is 5.39. The van der Waals surface area contributed by atoms with E-state index in [1.165, 1.54) is 4.31 Å². The van der Waals surface area contributed by atoms with Crippen molar-refractivity contribution in [3.8, 4) is 0 Å². The minimum absolute atomic E-state index is 0.0393. The summed E-state index contributed by atoms with van der Waals surface area (Å²) in [5, 5.41) is 0. The zero-order valence-corrected chi connectivity index (χ0v) is 11.5. The van der Waals surface area contributed by atoms with Crippen molar-refractivity contribution in [2.24, 2.45) is 0 Å². The molecule has 2 aromatic carbocycles. The Bertz CT molecular complexity index is 695. The lowest BCUT2D eigenvalue weighted by molar-refractivity contribution is 0.584. The highest BCUT2D eigenvalue weighted by molar-refractivity contribution is 7.92. The largest absolute Gasteiger partial charge is 0.264 e. The molecule has 0 bridgehead atoms. The van der Waals surface area contributed by atoms with Gasteiger partial charge in [0.25, 0.3) is 10.0 Å². The molecule has 0 amide bonds. The van der Waals surface area contributed by atoms with Crippen molar-refractivity contribution in [1.82, 2.24) is 0 Å². The number of para-hydroxylation sites is 1. The SMILES string of the molecule is CC1Cc2ccccc2N1S(=O)(=O)c1ccccc1. The quantitative estimate of drug-likeness (QED) is 0.843. The predicted molar refractivity (Wildman–Crippen MR) is 75.7 cm³/mol. The summed E-state index contributed by atoms with van der Waals surface area (Å²) in [6.07, 6.45) is 0.766. The average molecular weight is 273 g/mol. The van der Waals surface area contributed by atoms with Crippen LogP contribution in [-0.2, 0) is 16.4 Å². The Morgan fingerprint density at radius 3 is 2.37 bits per heavy atom. The Labute approximate surface area is 113 Å². The number of fused-ring (bicyclic) bond motifs is 1. The van der Waals surface area contributed by atoms with Gasteiger partial charge in [-0.15, -0.1) is 0 Å². The highest BCUT2D eigenvalue weighted by Gasteiger charge is 2.35. The zero-order chi connectivity index (χ0) is 13.5. The molecule has 1 heterocycles. The van der Waals surface area contributed by atoms with E-state index in [1.807, 2.05) is 37.3 Å². The molecule has 0 fully saturated rings. The number of hydrogen-bond acceptors (Lipinski definition) is 2. The van der Waals surface area contributed by atoms with E-state index in [9.17, 15) is 8.42 Å². The van der Waals surface area contributed by atoms with Gasteiger partial charge in [0.05, 0.1) is 10.6 Å². The number of anilines is 1. The van der Waals surface area contributed by atoms with Crippen LogP contribution in [0, 0.1) is 0 Å². The first kappa shape index (κ1) is 12.2. The van der Waals surface area contributed by atoms with Crippen molar-refractivity contribution in [2.45, 2.75) is 24.3 Å². The molecule has 3 nitrogen and oxygen atoms in total. The lowest BCUT2D eigenvalue weighted by Gasteiger charge is -2.24. The molecule has 0 spiro atoms. The van der Waals surface area contributed by atoms with Crippen LogP contribution in [0.15, 0.2) is 59.5 Å². The van der Waals surface area contributed by atoms with E-state index in [4.69, 9.17) is 0 Å².